The molecule has 0 aliphatic rings. The highest BCUT2D eigenvalue weighted by molar-refractivity contribution is 7.52. The van der Waals surface area contributed by atoms with E-state index in [-0.39, 0.29) is 5.92 Å². The summed E-state index contributed by atoms with van der Waals surface area (Å²) >= 11 is 0. The normalized spacial score (nSPS) is 14.4. The lowest BCUT2D eigenvalue weighted by Crippen LogP contribution is -2.07. The first-order valence-corrected chi connectivity index (χ1v) is 6.21. The fourth-order valence-electron chi connectivity index (χ4n) is 1.62. The molecule has 0 radical (unpaired) electrons. The first-order valence-electron chi connectivity index (χ1n) is 4.53. The van der Waals surface area contributed by atoms with Crippen molar-refractivity contribution in [1.82, 2.24) is 0 Å². The molecule has 78 valence electrons. The van der Waals surface area contributed by atoms with E-state index in [9.17, 15) is 14.4 Å². The summed E-state index contributed by atoms with van der Waals surface area (Å²) in [6.45, 7) is 3.63. The van der Waals surface area contributed by atoms with Crippen molar-refractivity contribution in [2.45, 2.75) is 19.5 Å². The maximum Gasteiger partial charge on any atom is 0.333 e. The van der Waals surface area contributed by atoms with Gasteiger partial charge in [-0.15, -0.1) is 0 Å². The average Bonchev–Trinajstić information content (AvgIpc) is 2.02. The van der Waals surface area contributed by atoms with E-state index in [0.717, 1.165) is 0 Å². The molecule has 0 amide bonds. The standard InChI is InChI=1S/C10H15O3P/c1-8(2)10(14(11,12)13)9-6-4-3-5-7-9/h3-8,10H,1-2H3,(H2,11,12,13). The maximum absolute atomic E-state index is 11.3. The van der Waals surface area contributed by atoms with Gasteiger partial charge in [0.15, 0.2) is 0 Å². The van der Waals surface area contributed by atoms with Crippen molar-refractivity contribution in [3.63, 3.8) is 0 Å². The molecule has 1 aromatic carbocycles. The lowest BCUT2D eigenvalue weighted by atomic mass is 10.0. The van der Waals surface area contributed by atoms with Crippen LogP contribution in [0.15, 0.2) is 30.3 Å². The molecule has 0 aromatic heterocycles. The van der Waals surface area contributed by atoms with Gasteiger partial charge in [-0.05, 0) is 11.5 Å². The molecule has 2 N–H and O–H groups in total. The van der Waals surface area contributed by atoms with Crippen molar-refractivity contribution in [3.05, 3.63) is 35.9 Å². The predicted octanol–water partition coefficient (Wildman–Crippen LogP) is 2.56. The summed E-state index contributed by atoms with van der Waals surface area (Å²) in [6.07, 6.45) is 0. The minimum absolute atomic E-state index is 0.0711. The molecule has 0 aliphatic carbocycles. The minimum Gasteiger partial charge on any atom is -0.324 e. The number of benzene rings is 1. The van der Waals surface area contributed by atoms with Crippen molar-refractivity contribution >= 4 is 7.60 Å². The predicted molar refractivity (Wildman–Crippen MR) is 56.1 cm³/mol. The van der Waals surface area contributed by atoms with E-state index in [2.05, 4.69) is 0 Å². The molecule has 14 heavy (non-hydrogen) atoms. The van der Waals surface area contributed by atoms with E-state index >= 15 is 0 Å². The summed E-state index contributed by atoms with van der Waals surface area (Å²) in [5.74, 6) is -0.0711. The highest BCUT2D eigenvalue weighted by atomic mass is 31.2. The van der Waals surface area contributed by atoms with E-state index in [1.165, 1.54) is 0 Å². The van der Waals surface area contributed by atoms with Crippen LogP contribution in [0.25, 0.3) is 0 Å². The third-order valence-corrected chi connectivity index (χ3v) is 3.75. The Morgan fingerprint density at radius 2 is 1.64 bits per heavy atom. The van der Waals surface area contributed by atoms with Crippen LogP contribution in [0, 0.1) is 5.92 Å². The zero-order valence-corrected chi connectivity index (χ0v) is 9.19. The zero-order valence-electron chi connectivity index (χ0n) is 8.29. The van der Waals surface area contributed by atoms with E-state index < -0.39 is 13.3 Å². The van der Waals surface area contributed by atoms with Crippen LogP contribution in [0.4, 0.5) is 0 Å². The Balaban J connectivity index is 3.08. The first-order chi connectivity index (χ1) is 6.43. The summed E-state index contributed by atoms with van der Waals surface area (Å²) in [4.78, 5) is 18.4. The van der Waals surface area contributed by atoms with Crippen molar-refractivity contribution in [2.75, 3.05) is 0 Å². The number of hydrogen-bond donors (Lipinski definition) is 2. The Labute approximate surface area is 83.9 Å². The minimum atomic E-state index is -4.05. The smallest absolute Gasteiger partial charge is 0.324 e. The summed E-state index contributed by atoms with van der Waals surface area (Å²) in [6, 6.07) is 8.93. The summed E-state index contributed by atoms with van der Waals surface area (Å²) in [5, 5.41) is 0. The zero-order chi connectivity index (χ0) is 10.8. The first kappa shape index (κ1) is 11.4. The fraction of sp³-hybridized carbons (Fsp3) is 0.400. The van der Waals surface area contributed by atoms with Crippen LogP contribution < -0.4 is 0 Å². The molecular weight excluding hydrogens is 199 g/mol. The lowest BCUT2D eigenvalue weighted by molar-refractivity contribution is 0.343. The molecule has 1 atom stereocenters. The number of hydrogen-bond acceptors (Lipinski definition) is 1. The van der Waals surface area contributed by atoms with Crippen LogP contribution in [-0.4, -0.2) is 9.79 Å². The van der Waals surface area contributed by atoms with Crippen LogP contribution in [0.1, 0.15) is 25.1 Å². The van der Waals surface area contributed by atoms with Gasteiger partial charge in [-0.2, -0.15) is 0 Å². The third-order valence-electron chi connectivity index (χ3n) is 2.13. The highest BCUT2D eigenvalue weighted by Gasteiger charge is 2.32. The SMILES string of the molecule is CC(C)C(c1ccccc1)P(=O)(O)O. The molecule has 0 heterocycles. The third kappa shape index (κ3) is 2.68. The average molecular weight is 214 g/mol. The Bertz CT molecular complexity index is 328. The Kier molecular flexibility index (Phi) is 3.48. The molecule has 0 spiro atoms. The van der Waals surface area contributed by atoms with Crippen LogP contribution in [0.2, 0.25) is 0 Å². The Morgan fingerprint density at radius 1 is 1.14 bits per heavy atom. The molecule has 1 rings (SSSR count). The van der Waals surface area contributed by atoms with Gasteiger partial charge in [-0.3, -0.25) is 4.57 Å². The Hall–Kier alpha value is -0.630. The van der Waals surface area contributed by atoms with Gasteiger partial charge in [0.1, 0.15) is 0 Å². The van der Waals surface area contributed by atoms with Gasteiger partial charge >= 0.3 is 7.60 Å². The second-order valence-electron chi connectivity index (χ2n) is 3.69. The second kappa shape index (κ2) is 4.26. The van der Waals surface area contributed by atoms with Crippen molar-refractivity contribution in [3.8, 4) is 0 Å². The molecule has 0 bridgehead atoms. The summed E-state index contributed by atoms with van der Waals surface area (Å²) in [5.41, 5.74) is 0.0135. The van der Waals surface area contributed by atoms with Crippen molar-refractivity contribution < 1.29 is 14.4 Å². The van der Waals surface area contributed by atoms with Gasteiger partial charge in [0.2, 0.25) is 0 Å². The van der Waals surface area contributed by atoms with Gasteiger partial charge < -0.3 is 9.79 Å². The topological polar surface area (TPSA) is 57.5 Å². The molecule has 1 aromatic rings. The molecule has 0 saturated heterocycles. The highest BCUT2D eigenvalue weighted by Crippen LogP contribution is 2.55. The molecule has 0 fully saturated rings. The van der Waals surface area contributed by atoms with E-state index in [4.69, 9.17) is 0 Å². The monoisotopic (exact) mass is 214 g/mol. The molecule has 0 aliphatic heterocycles. The van der Waals surface area contributed by atoms with Gasteiger partial charge in [-0.1, -0.05) is 44.2 Å². The van der Waals surface area contributed by atoms with Gasteiger partial charge in [-0.25, -0.2) is 0 Å². The van der Waals surface area contributed by atoms with Crippen LogP contribution in [0.3, 0.4) is 0 Å². The maximum atomic E-state index is 11.3. The second-order valence-corrected chi connectivity index (χ2v) is 5.42. The number of rotatable bonds is 3. The van der Waals surface area contributed by atoms with Gasteiger partial charge in [0.05, 0.1) is 5.66 Å². The van der Waals surface area contributed by atoms with Gasteiger partial charge in [0, 0.05) is 0 Å². The van der Waals surface area contributed by atoms with Crippen LogP contribution in [0.5, 0.6) is 0 Å². The molecule has 0 saturated carbocycles. The summed E-state index contributed by atoms with van der Waals surface area (Å²) < 4.78 is 11.3. The van der Waals surface area contributed by atoms with Gasteiger partial charge in [0.25, 0.3) is 0 Å². The van der Waals surface area contributed by atoms with Crippen molar-refractivity contribution in [2.24, 2.45) is 5.92 Å². The Morgan fingerprint density at radius 3 is 2.00 bits per heavy atom. The van der Waals surface area contributed by atoms with Crippen LogP contribution in [-0.2, 0) is 4.57 Å². The lowest BCUT2D eigenvalue weighted by Gasteiger charge is -2.22. The van der Waals surface area contributed by atoms with E-state index in [1.807, 2.05) is 19.9 Å². The van der Waals surface area contributed by atoms with Crippen molar-refractivity contribution in [1.29, 1.82) is 0 Å². The largest absolute Gasteiger partial charge is 0.333 e. The van der Waals surface area contributed by atoms with E-state index in [0.29, 0.717) is 5.56 Å². The fourth-order valence-corrected chi connectivity index (χ4v) is 2.95. The molecule has 4 heteroatoms. The quantitative estimate of drug-likeness (QED) is 0.760. The van der Waals surface area contributed by atoms with E-state index in [1.54, 1.807) is 24.3 Å². The van der Waals surface area contributed by atoms with Crippen LogP contribution >= 0.6 is 7.60 Å². The summed E-state index contributed by atoms with van der Waals surface area (Å²) in [7, 11) is -4.05. The molecular formula is C10H15O3P. The molecule has 1 unspecified atom stereocenters. The molecule has 3 nitrogen and oxygen atoms in total.